The maximum absolute atomic E-state index is 13.6. The van der Waals surface area contributed by atoms with E-state index in [1.165, 1.54) is 0 Å². The van der Waals surface area contributed by atoms with E-state index in [2.05, 4.69) is 12.1 Å². The van der Waals surface area contributed by atoms with Crippen LogP contribution in [0.5, 0.6) is 5.75 Å². The molecule has 0 bridgehead atoms. The summed E-state index contributed by atoms with van der Waals surface area (Å²) < 4.78 is 6.17. The number of nitriles is 1. The third-order valence-electron chi connectivity index (χ3n) is 7.63. The number of nitrogens with zero attached hydrogens (tertiary/aromatic N) is 2. The SMILES string of the molecule is Cc1cc(C)c(C2C(C#N)=C(N)N(c3ccc(Cl)c(Cl)c3)C3=C2C(=O)CCC3)cc1COc1ccc(Cl)cc1C. The van der Waals surface area contributed by atoms with Crippen LogP contribution in [0.1, 0.15) is 53.0 Å². The van der Waals surface area contributed by atoms with Gasteiger partial charge in [-0.05, 0) is 97.8 Å². The molecule has 0 spiro atoms. The number of nitrogens with two attached hydrogens (primary N) is 1. The van der Waals surface area contributed by atoms with Gasteiger partial charge in [-0.15, -0.1) is 0 Å². The van der Waals surface area contributed by atoms with Crippen molar-refractivity contribution in [2.45, 2.75) is 52.6 Å². The molecular formula is C32H28Cl3N3O2. The standard InChI is InChI=1S/C32H28Cl3N3O2/c1-17-11-18(2)23(13-20(17)16-40-29-10-7-21(33)12-19(29)3)30-24(15-36)32(37)38(22-8-9-25(34)26(35)14-22)27-5-4-6-28(39)31(27)30/h7-14,30H,4-6,16,37H2,1-3H3. The number of ether oxygens (including phenoxy) is 1. The summed E-state index contributed by atoms with van der Waals surface area (Å²) in [7, 11) is 0. The number of hydrogen-bond donors (Lipinski definition) is 1. The van der Waals surface area contributed by atoms with Crippen molar-refractivity contribution < 1.29 is 9.53 Å². The van der Waals surface area contributed by atoms with Crippen molar-refractivity contribution in [3.63, 3.8) is 0 Å². The molecule has 40 heavy (non-hydrogen) atoms. The Morgan fingerprint density at radius 3 is 2.45 bits per heavy atom. The van der Waals surface area contributed by atoms with Gasteiger partial charge in [0.1, 0.15) is 18.2 Å². The fourth-order valence-electron chi connectivity index (χ4n) is 5.63. The highest BCUT2D eigenvalue weighted by atomic mass is 35.5. The zero-order valence-corrected chi connectivity index (χ0v) is 24.7. The molecule has 3 aromatic carbocycles. The molecular weight excluding hydrogens is 565 g/mol. The van der Waals surface area contributed by atoms with Gasteiger partial charge in [-0.3, -0.25) is 9.69 Å². The second-order valence-electron chi connectivity index (χ2n) is 10.2. The average Bonchev–Trinajstić information content (AvgIpc) is 2.90. The number of hydrogen-bond acceptors (Lipinski definition) is 5. The summed E-state index contributed by atoms with van der Waals surface area (Å²) in [5, 5.41) is 11.9. The summed E-state index contributed by atoms with van der Waals surface area (Å²) in [5.74, 6) is 0.471. The number of Topliss-reactive ketones (excluding diaryl/α,β-unsaturated/α-hetero) is 1. The van der Waals surface area contributed by atoms with Crippen LogP contribution in [0.3, 0.4) is 0 Å². The Kier molecular flexibility index (Phi) is 7.88. The molecule has 0 saturated heterocycles. The van der Waals surface area contributed by atoms with E-state index in [9.17, 15) is 10.1 Å². The van der Waals surface area contributed by atoms with Crippen molar-refractivity contribution in [1.82, 2.24) is 0 Å². The molecule has 1 aliphatic heterocycles. The van der Waals surface area contributed by atoms with Gasteiger partial charge in [-0.25, -0.2) is 0 Å². The number of halogens is 3. The molecule has 3 aromatic rings. The minimum Gasteiger partial charge on any atom is -0.489 e. The number of carbonyl (C=O) groups is 1. The summed E-state index contributed by atoms with van der Waals surface area (Å²) in [4.78, 5) is 15.4. The zero-order valence-electron chi connectivity index (χ0n) is 22.4. The van der Waals surface area contributed by atoms with E-state index in [1.807, 2.05) is 39.0 Å². The predicted octanol–water partition coefficient (Wildman–Crippen LogP) is 8.46. The molecule has 0 amide bonds. The number of aryl methyl sites for hydroxylation is 3. The Balaban J connectivity index is 1.62. The van der Waals surface area contributed by atoms with Gasteiger partial charge in [-0.2, -0.15) is 5.26 Å². The maximum Gasteiger partial charge on any atom is 0.161 e. The summed E-state index contributed by atoms with van der Waals surface area (Å²) in [6.07, 6.45) is 1.76. The summed E-state index contributed by atoms with van der Waals surface area (Å²) in [6.45, 7) is 6.31. The van der Waals surface area contributed by atoms with E-state index in [-0.39, 0.29) is 11.6 Å². The third-order valence-corrected chi connectivity index (χ3v) is 8.60. The Bertz CT molecular complexity index is 1650. The van der Waals surface area contributed by atoms with Gasteiger partial charge in [0.25, 0.3) is 0 Å². The fourth-order valence-corrected chi connectivity index (χ4v) is 6.15. The monoisotopic (exact) mass is 591 g/mol. The van der Waals surface area contributed by atoms with Crippen LogP contribution in [-0.4, -0.2) is 5.78 Å². The van der Waals surface area contributed by atoms with Crippen molar-refractivity contribution >= 4 is 46.3 Å². The van der Waals surface area contributed by atoms with Crippen LogP contribution >= 0.6 is 34.8 Å². The third kappa shape index (κ3) is 5.08. The number of ketones is 1. The molecule has 204 valence electrons. The molecule has 1 aliphatic carbocycles. The molecule has 0 aromatic heterocycles. The van der Waals surface area contributed by atoms with Gasteiger partial charge in [0.2, 0.25) is 0 Å². The van der Waals surface area contributed by atoms with Crippen LogP contribution in [0.4, 0.5) is 5.69 Å². The number of benzene rings is 3. The molecule has 1 atom stereocenters. The van der Waals surface area contributed by atoms with Crippen LogP contribution in [0.25, 0.3) is 0 Å². The Hall–Kier alpha value is -3.43. The van der Waals surface area contributed by atoms with Gasteiger partial charge in [0.05, 0.1) is 27.6 Å². The Morgan fingerprint density at radius 1 is 0.975 bits per heavy atom. The van der Waals surface area contributed by atoms with Gasteiger partial charge >= 0.3 is 0 Å². The lowest BCUT2D eigenvalue weighted by Gasteiger charge is -2.40. The van der Waals surface area contributed by atoms with Crippen molar-refractivity contribution in [2.75, 3.05) is 4.90 Å². The van der Waals surface area contributed by atoms with Gasteiger partial charge in [-0.1, -0.05) is 46.9 Å². The number of carbonyl (C=O) groups excluding carboxylic acids is 1. The van der Waals surface area contributed by atoms with Crippen molar-refractivity contribution in [3.8, 4) is 11.8 Å². The second-order valence-corrected chi connectivity index (χ2v) is 11.5. The lowest BCUT2D eigenvalue weighted by molar-refractivity contribution is -0.116. The number of rotatable bonds is 5. The van der Waals surface area contributed by atoms with Crippen molar-refractivity contribution in [2.24, 2.45) is 5.73 Å². The summed E-state index contributed by atoms with van der Waals surface area (Å²) in [5.41, 5.74) is 13.9. The molecule has 8 heteroatoms. The molecule has 1 unspecified atom stereocenters. The van der Waals surface area contributed by atoms with E-state index in [0.717, 1.165) is 39.3 Å². The van der Waals surface area contributed by atoms with E-state index >= 15 is 0 Å². The molecule has 1 heterocycles. The van der Waals surface area contributed by atoms with E-state index in [4.69, 9.17) is 45.3 Å². The normalized spacial score (nSPS) is 17.2. The van der Waals surface area contributed by atoms with E-state index in [0.29, 0.717) is 57.8 Å². The maximum atomic E-state index is 13.6. The minimum atomic E-state index is -0.580. The second kappa shape index (κ2) is 11.2. The van der Waals surface area contributed by atoms with Gasteiger partial charge in [0.15, 0.2) is 5.78 Å². The van der Waals surface area contributed by atoms with Crippen LogP contribution in [0.2, 0.25) is 15.1 Å². The minimum absolute atomic E-state index is 0.0196. The van der Waals surface area contributed by atoms with E-state index < -0.39 is 5.92 Å². The molecule has 0 fully saturated rings. The Labute approximate surface area is 249 Å². The predicted molar refractivity (Wildman–Crippen MR) is 161 cm³/mol. The van der Waals surface area contributed by atoms with Crippen LogP contribution in [0.15, 0.2) is 71.2 Å². The summed E-state index contributed by atoms with van der Waals surface area (Å²) >= 11 is 18.6. The molecule has 5 nitrogen and oxygen atoms in total. The highest BCUT2D eigenvalue weighted by Gasteiger charge is 2.41. The first kappa shape index (κ1) is 28.1. The van der Waals surface area contributed by atoms with Crippen LogP contribution in [0, 0.1) is 32.1 Å². The Morgan fingerprint density at radius 2 is 1.75 bits per heavy atom. The van der Waals surface area contributed by atoms with Crippen LogP contribution in [-0.2, 0) is 11.4 Å². The largest absolute Gasteiger partial charge is 0.489 e. The topological polar surface area (TPSA) is 79.4 Å². The smallest absolute Gasteiger partial charge is 0.161 e. The quantitative estimate of drug-likeness (QED) is 0.321. The first-order chi connectivity index (χ1) is 19.1. The fraction of sp³-hybridized carbons (Fsp3) is 0.250. The number of allylic oxidation sites excluding steroid dienone is 3. The first-order valence-corrected chi connectivity index (χ1v) is 14.1. The number of anilines is 1. The molecule has 0 radical (unpaired) electrons. The van der Waals surface area contributed by atoms with Gasteiger partial charge in [0, 0.05) is 28.4 Å². The first-order valence-electron chi connectivity index (χ1n) is 13.0. The molecule has 2 N–H and O–H groups in total. The molecule has 0 saturated carbocycles. The average molecular weight is 593 g/mol. The van der Waals surface area contributed by atoms with Crippen molar-refractivity contribution in [3.05, 3.63) is 114 Å². The molecule has 5 rings (SSSR count). The van der Waals surface area contributed by atoms with E-state index in [1.54, 1.807) is 29.2 Å². The van der Waals surface area contributed by atoms with Gasteiger partial charge < -0.3 is 10.5 Å². The zero-order chi connectivity index (χ0) is 28.7. The molecule has 2 aliphatic rings. The lowest BCUT2D eigenvalue weighted by Crippen LogP contribution is -2.39. The highest BCUT2D eigenvalue weighted by Crippen LogP contribution is 2.47. The lowest BCUT2D eigenvalue weighted by atomic mass is 9.74. The summed E-state index contributed by atoms with van der Waals surface area (Å²) in [6, 6.07) is 17.2. The highest BCUT2D eigenvalue weighted by molar-refractivity contribution is 6.42. The van der Waals surface area contributed by atoms with Crippen LogP contribution < -0.4 is 15.4 Å². The van der Waals surface area contributed by atoms with Crippen molar-refractivity contribution in [1.29, 1.82) is 5.26 Å².